The molecule has 0 amide bonds. The van der Waals surface area contributed by atoms with E-state index in [-0.39, 0.29) is 42.4 Å². The normalized spacial score (nSPS) is 54.2. The number of ketones is 2. The van der Waals surface area contributed by atoms with Crippen LogP contribution in [0.4, 0.5) is 0 Å². The van der Waals surface area contributed by atoms with Gasteiger partial charge in [-0.2, -0.15) is 0 Å². The van der Waals surface area contributed by atoms with Crippen LogP contribution in [0.1, 0.15) is 66.7 Å². The van der Waals surface area contributed by atoms with Crippen molar-refractivity contribution in [3.05, 3.63) is 23.4 Å². The van der Waals surface area contributed by atoms with E-state index < -0.39 is 46.0 Å². The van der Waals surface area contributed by atoms with Crippen LogP contribution < -0.4 is 0 Å². The van der Waals surface area contributed by atoms with E-state index in [1.807, 2.05) is 13.8 Å². The molecule has 200 valence electrons. The van der Waals surface area contributed by atoms with Crippen molar-refractivity contribution in [2.75, 3.05) is 13.2 Å². The third-order valence-corrected chi connectivity index (χ3v) is 12.0. The molecule has 0 aromatic rings. The van der Waals surface area contributed by atoms with Gasteiger partial charge in [0.15, 0.2) is 5.78 Å². The highest BCUT2D eigenvalue weighted by Gasteiger charge is 2.75. The average Bonchev–Trinajstić information content (AvgIpc) is 3.34. The van der Waals surface area contributed by atoms with Crippen LogP contribution in [0.3, 0.4) is 0 Å². The van der Waals surface area contributed by atoms with Gasteiger partial charge in [-0.1, -0.05) is 33.8 Å². The van der Waals surface area contributed by atoms with Gasteiger partial charge in [0.2, 0.25) is 0 Å². The molecule has 11 atom stereocenters. The van der Waals surface area contributed by atoms with Crippen LogP contribution in [0, 0.1) is 45.8 Å². The van der Waals surface area contributed by atoms with Crippen molar-refractivity contribution in [3.8, 4) is 0 Å². The van der Waals surface area contributed by atoms with Crippen molar-refractivity contribution in [1.29, 1.82) is 0 Å². The Kier molecular flexibility index (Phi) is 4.65. The Morgan fingerprint density at radius 2 is 1.89 bits per heavy atom. The number of carbonyl (C=O) groups excluding carboxylic acids is 3. The van der Waals surface area contributed by atoms with Gasteiger partial charge in [0.05, 0.1) is 25.2 Å². The van der Waals surface area contributed by atoms with Gasteiger partial charge in [-0.15, -0.1) is 0 Å². The van der Waals surface area contributed by atoms with Crippen LogP contribution in [0.25, 0.3) is 0 Å². The summed E-state index contributed by atoms with van der Waals surface area (Å²) in [6.45, 7) is 11.3. The first-order valence-corrected chi connectivity index (χ1v) is 14.2. The molecule has 1 unspecified atom stereocenters. The lowest BCUT2D eigenvalue weighted by Gasteiger charge is -2.67. The van der Waals surface area contributed by atoms with Gasteiger partial charge in [-0.3, -0.25) is 14.4 Å². The topological polar surface area (TPSA) is 93.1 Å². The number of carbonyl (C=O) groups is 3. The van der Waals surface area contributed by atoms with Gasteiger partial charge in [0, 0.05) is 52.2 Å². The van der Waals surface area contributed by atoms with Crippen molar-refractivity contribution >= 4 is 17.5 Å². The number of aliphatic hydroxyl groups excluding tert-OH is 1. The Bertz CT molecular complexity index is 1190. The molecule has 4 saturated heterocycles. The van der Waals surface area contributed by atoms with Crippen LogP contribution in [0.2, 0.25) is 0 Å². The van der Waals surface area contributed by atoms with Crippen LogP contribution in [0.15, 0.2) is 23.4 Å². The van der Waals surface area contributed by atoms with Crippen LogP contribution in [0.5, 0.6) is 0 Å². The first kappa shape index (κ1) is 24.1. The highest BCUT2D eigenvalue weighted by molar-refractivity contribution is 6.00. The second-order valence-corrected chi connectivity index (χ2v) is 14.0. The number of nitrogens with zero attached hydrogens (tertiary/aromatic N) is 1. The Morgan fingerprint density at radius 1 is 1.14 bits per heavy atom. The molecule has 3 aliphatic carbocycles. The number of ether oxygens (including phenoxy) is 2. The summed E-state index contributed by atoms with van der Waals surface area (Å²) in [7, 11) is 0. The lowest BCUT2D eigenvalue weighted by molar-refractivity contribution is -0.204. The number of hydrogen-bond acceptors (Lipinski definition) is 7. The highest BCUT2D eigenvalue weighted by atomic mass is 16.5. The molecular formula is C30H39NO6. The van der Waals surface area contributed by atoms with E-state index in [2.05, 4.69) is 31.7 Å². The third-order valence-electron chi connectivity index (χ3n) is 12.0. The summed E-state index contributed by atoms with van der Waals surface area (Å²) < 4.78 is 12.4. The second kappa shape index (κ2) is 7.15. The minimum Gasteiger partial charge on any atom is -0.465 e. The lowest BCUT2D eigenvalue weighted by Crippen LogP contribution is -2.70. The van der Waals surface area contributed by atoms with Crippen molar-refractivity contribution in [1.82, 2.24) is 4.90 Å². The molecule has 7 heteroatoms. The molecule has 0 aromatic carbocycles. The first-order chi connectivity index (χ1) is 17.4. The van der Waals surface area contributed by atoms with Gasteiger partial charge in [-0.05, 0) is 50.2 Å². The Morgan fingerprint density at radius 3 is 2.59 bits per heavy atom. The van der Waals surface area contributed by atoms with Crippen molar-refractivity contribution < 1.29 is 29.0 Å². The van der Waals surface area contributed by atoms with E-state index in [0.717, 1.165) is 37.9 Å². The molecular weight excluding hydrogens is 470 g/mol. The summed E-state index contributed by atoms with van der Waals surface area (Å²) >= 11 is 0. The minimum absolute atomic E-state index is 0.0393. The average molecular weight is 510 g/mol. The quantitative estimate of drug-likeness (QED) is 0.500. The van der Waals surface area contributed by atoms with Gasteiger partial charge >= 0.3 is 5.97 Å². The number of esters is 1. The molecule has 0 aromatic heterocycles. The lowest BCUT2D eigenvalue weighted by atomic mass is 9.37. The monoisotopic (exact) mass is 509 g/mol. The summed E-state index contributed by atoms with van der Waals surface area (Å²) in [5.74, 6) is -1.76. The largest absolute Gasteiger partial charge is 0.465 e. The number of fused-ring (bicyclic) bond motifs is 8. The summed E-state index contributed by atoms with van der Waals surface area (Å²) in [6.07, 6.45) is 7.00. The smallest absolute Gasteiger partial charge is 0.306 e. The van der Waals surface area contributed by atoms with E-state index in [4.69, 9.17) is 9.47 Å². The van der Waals surface area contributed by atoms with Crippen molar-refractivity contribution in [2.45, 2.75) is 84.7 Å². The number of allylic oxidation sites excluding steroid dienone is 3. The zero-order chi connectivity index (χ0) is 26.3. The highest BCUT2D eigenvalue weighted by Crippen LogP contribution is 2.73. The number of rotatable bonds is 0. The predicted molar refractivity (Wildman–Crippen MR) is 134 cm³/mol. The maximum absolute atomic E-state index is 14.4. The molecule has 7 aliphatic rings. The molecule has 0 radical (unpaired) electrons. The first-order valence-electron chi connectivity index (χ1n) is 14.2. The van der Waals surface area contributed by atoms with Gasteiger partial charge in [0.1, 0.15) is 11.5 Å². The molecule has 7 rings (SSSR count). The fraction of sp³-hybridized carbons (Fsp3) is 0.767. The van der Waals surface area contributed by atoms with E-state index in [9.17, 15) is 19.5 Å². The number of Topliss-reactive ketones (excluding diaryl/α,β-unsaturated/α-hetero) is 1. The molecule has 4 aliphatic heterocycles. The SMILES string of the molecule is CC1=CC(=O)[C@@H]2[C@@H]([C@@H]1O)[C@]1(C)C=C3N4C[C@H]5C[C@H](C)CC4(CC[C@@]3(C)[C@]3(COC(=O)C3)[C@H]1C(=O)[C@@H]2C)O5. The Labute approximate surface area is 218 Å². The molecule has 7 nitrogen and oxygen atoms in total. The van der Waals surface area contributed by atoms with Gasteiger partial charge in [0.25, 0.3) is 0 Å². The van der Waals surface area contributed by atoms with E-state index in [1.54, 1.807) is 0 Å². The van der Waals surface area contributed by atoms with Crippen molar-refractivity contribution in [2.24, 2.45) is 45.8 Å². The fourth-order valence-electron chi connectivity index (χ4n) is 10.4. The number of piperidine rings is 1. The standard InChI is InChI=1S/C30H39NO6/c1-15-8-18-13-31-20-11-27(4)23-22(19(32)9-16(2)24(23)34)17(3)25(35)26(27)29(12-21(33)36-14-29)28(20,5)6-7-30(31,10-15)37-18/h9,11,15,17-18,22-24,26,34H,6-8,10,12-14H2,1-5H3/t15-,17+,18+,22+,23-,24+,26-,27-,28+,29+,30?/m0/s1. The second-order valence-electron chi connectivity index (χ2n) is 14.0. The van der Waals surface area contributed by atoms with Gasteiger partial charge in [-0.25, -0.2) is 0 Å². The van der Waals surface area contributed by atoms with Gasteiger partial charge < -0.3 is 19.5 Å². The summed E-state index contributed by atoms with van der Waals surface area (Å²) in [5.41, 5.74) is -0.537. The van der Waals surface area contributed by atoms with E-state index in [1.165, 1.54) is 6.08 Å². The maximum Gasteiger partial charge on any atom is 0.306 e. The Balaban J connectivity index is 1.49. The summed E-state index contributed by atoms with van der Waals surface area (Å²) in [5, 5.41) is 11.6. The zero-order valence-electron chi connectivity index (χ0n) is 22.6. The molecule has 2 spiro atoms. The summed E-state index contributed by atoms with van der Waals surface area (Å²) in [6, 6.07) is 0. The summed E-state index contributed by atoms with van der Waals surface area (Å²) in [4.78, 5) is 43.1. The molecule has 1 saturated carbocycles. The third kappa shape index (κ3) is 2.68. The number of cyclic esters (lactones) is 1. The minimum atomic E-state index is -0.825. The zero-order valence-corrected chi connectivity index (χ0v) is 22.6. The van der Waals surface area contributed by atoms with Crippen LogP contribution in [-0.4, -0.2) is 58.6 Å². The van der Waals surface area contributed by atoms with Crippen molar-refractivity contribution in [3.63, 3.8) is 0 Å². The molecule has 37 heavy (non-hydrogen) atoms. The number of aliphatic hydroxyl groups is 1. The molecule has 4 heterocycles. The molecule has 2 bridgehead atoms. The fourth-order valence-corrected chi connectivity index (χ4v) is 10.4. The maximum atomic E-state index is 14.4. The van der Waals surface area contributed by atoms with E-state index >= 15 is 0 Å². The Hall–Kier alpha value is -1.99. The van der Waals surface area contributed by atoms with Crippen LogP contribution >= 0.6 is 0 Å². The number of hydrogen-bond donors (Lipinski definition) is 1. The molecule has 5 fully saturated rings. The van der Waals surface area contributed by atoms with E-state index in [0.29, 0.717) is 11.5 Å². The molecule has 1 N–H and O–H groups in total. The predicted octanol–water partition coefficient (Wildman–Crippen LogP) is 3.41. The van der Waals surface area contributed by atoms with Crippen LogP contribution in [-0.2, 0) is 23.9 Å².